The average Bonchev–Trinajstić information content (AvgIpc) is 2.23. The largest absolute Gasteiger partial charge is 0.480 e. The molecule has 0 spiro atoms. The minimum atomic E-state index is -1.15. The molecule has 0 aromatic rings. The topological polar surface area (TPSA) is 95.9 Å². The lowest BCUT2D eigenvalue weighted by molar-refractivity contribution is -0.146. The number of rotatable bonds is 3. The summed E-state index contributed by atoms with van der Waals surface area (Å²) >= 11 is 0. The van der Waals surface area contributed by atoms with Gasteiger partial charge in [0.25, 0.3) is 0 Å². The molecule has 1 fully saturated rings. The zero-order valence-electron chi connectivity index (χ0n) is 12.6. The average molecular weight is 287 g/mol. The zero-order valence-corrected chi connectivity index (χ0v) is 12.6. The number of ether oxygens (including phenoxy) is 1. The van der Waals surface area contributed by atoms with Crippen molar-refractivity contribution in [1.29, 1.82) is 0 Å². The van der Waals surface area contributed by atoms with Gasteiger partial charge in [-0.2, -0.15) is 0 Å². The number of aliphatic carboxylic acids is 1. The molecular formula is C14H25NO5. The van der Waals surface area contributed by atoms with E-state index in [0.717, 1.165) is 12.8 Å². The first kappa shape index (κ1) is 16.8. The van der Waals surface area contributed by atoms with Crippen LogP contribution in [-0.4, -0.2) is 39.5 Å². The summed E-state index contributed by atoms with van der Waals surface area (Å²) in [6, 6.07) is -1.14. The second kappa shape index (κ2) is 5.99. The number of hydrogen-bond acceptors (Lipinski definition) is 4. The van der Waals surface area contributed by atoms with Crippen molar-refractivity contribution in [2.24, 2.45) is 5.92 Å². The lowest BCUT2D eigenvalue weighted by Crippen LogP contribution is -2.55. The number of carboxylic acids is 1. The van der Waals surface area contributed by atoms with Gasteiger partial charge in [-0.3, -0.25) is 0 Å². The fourth-order valence-electron chi connectivity index (χ4n) is 2.64. The highest BCUT2D eigenvalue weighted by atomic mass is 16.6. The highest BCUT2D eigenvalue weighted by Crippen LogP contribution is 2.35. The monoisotopic (exact) mass is 287 g/mol. The van der Waals surface area contributed by atoms with E-state index in [0.29, 0.717) is 12.8 Å². The van der Waals surface area contributed by atoms with Gasteiger partial charge in [-0.25, -0.2) is 9.59 Å². The number of alkyl carbamates (subject to hydrolysis) is 1. The van der Waals surface area contributed by atoms with E-state index in [-0.39, 0.29) is 0 Å². The first-order valence-corrected chi connectivity index (χ1v) is 6.97. The lowest BCUT2D eigenvalue weighted by atomic mass is 9.73. The van der Waals surface area contributed by atoms with E-state index < -0.39 is 35.2 Å². The smallest absolute Gasteiger partial charge is 0.408 e. The van der Waals surface area contributed by atoms with Gasteiger partial charge in [0, 0.05) is 5.92 Å². The Balaban J connectivity index is 2.79. The Morgan fingerprint density at radius 2 is 1.95 bits per heavy atom. The van der Waals surface area contributed by atoms with Crippen LogP contribution in [0.25, 0.3) is 0 Å². The van der Waals surface area contributed by atoms with Crippen LogP contribution in [0.3, 0.4) is 0 Å². The summed E-state index contributed by atoms with van der Waals surface area (Å²) in [7, 11) is 0. The first-order valence-electron chi connectivity index (χ1n) is 6.97. The molecule has 0 saturated heterocycles. The second-order valence-corrected chi connectivity index (χ2v) is 6.67. The van der Waals surface area contributed by atoms with E-state index in [1.165, 1.54) is 0 Å². The summed E-state index contributed by atoms with van der Waals surface area (Å²) in [5, 5.41) is 22.0. The molecule has 3 atom stereocenters. The van der Waals surface area contributed by atoms with Gasteiger partial charge in [-0.05, 0) is 40.5 Å². The molecule has 1 rings (SSSR count). The molecule has 1 aliphatic carbocycles. The van der Waals surface area contributed by atoms with Crippen molar-refractivity contribution in [2.75, 3.05) is 0 Å². The predicted octanol–water partition coefficient (Wildman–Crippen LogP) is 1.91. The molecule has 116 valence electrons. The van der Waals surface area contributed by atoms with Crippen molar-refractivity contribution in [2.45, 2.75) is 70.6 Å². The van der Waals surface area contributed by atoms with E-state index in [2.05, 4.69) is 5.32 Å². The van der Waals surface area contributed by atoms with Gasteiger partial charge in [0.1, 0.15) is 11.6 Å². The van der Waals surface area contributed by atoms with Crippen LogP contribution >= 0.6 is 0 Å². The van der Waals surface area contributed by atoms with Crippen LogP contribution in [0.1, 0.15) is 53.4 Å². The maximum atomic E-state index is 11.7. The molecule has 0 aromatic carbocycles. The number of carboxylic acid groups (broad SMARTS) is 1. The molecule has 0 radical (unpaired) electrons. The van der Waals surface area contributed by atoms with E-state index >= 15 is 0 Å². The summed E-state index contributed by atoms with van der Waals surface area (Å²) in [5.74, 6) is -1.66. The van der Waals surface area contributed by atoms with Crippen LogP contribution in [-0.2, 0) is 9.53 Å². The maximum Gasteiger partial charge on any atom is 0.408 e. The Kier molecular flexibility index (Phi) is 5.02. The molecule has 3 unspecified atom stereocenters. The molecule has 1 amide bonds. The standard InChI is InChI=1S/C14H25NO5/c1-13(2,3)20-12(18)15-10(11(16)17)9-7-5-6-8-14(9,4)19/h9-10,19H,5-8H2,1-4H3,(H,15,18)(H,16,17). The van der Waals surface area contributed by atoms with Crippen molar-refractivity contribution in [3.8, 4) is 0 Å². The molecule has 20 heavy (non-hydrogen) atoms. The van der Waals surface area contributed by atoms with Gasteiger partial charge in [-0.15, -0.1) is 0 Å². The van der Waals surface area contributed by atoms with Crippen molar-refractivity contribution in [3.63, 3.8) is 0 Å². The predicted molar refractivity (Wildman–Crippen MR) is 73.4 cm³/mol. The summed E-state index contributed by atoms with van der Waals surface area (Å²) < 4.78 is 5.08. The third-order valence-electron chi connectivity index (χ3n) is 3.59. The maximum absolute atomic E-state index is 11.7. The van der Waals surface area contributed by atoms with Gasteiger partial charge in [0.05, 0.1) is 5.60 Å². The van der Waals surface area contributed by atoms with Crippen LogP contribution in [0.5, 0.6) is 0 Å². The number of aliphatic hydroxyl groups is 1. The van der Waals surface area contributed by atoms with E-state index in [1.807, 2.05) is 0 Å². The second-order valence-electron chi connectivity index (χ2n) is 6.67. The van der Waals surface area contributed by atoms with E-state index in [4.69, 9.17) is 4.74 Å². The Morgan fingerprint density at radius 1 is 1.35 bits per heavy atom. The fourth-order valence-corrected chi connectivity index (χ4v) is 2.64. The third kappa shape index (κ3) is 4.67. The van der Waals surface area contributed by atoms with Gasteiger partial charge in [-0.1, -0.05) is 12.8 Å². The van der Waals surface area contributed by atoms with Gasteiger partial charge < -0.3 is 20.3 Å². The molecule has 0 heterocycles. The van der Waals surface area contributed by atoms with Crippen molar-refractivity contribution < 1.29 is 24.5 Å². The Bertz CT molecular complexity index is 372. The summed E-state index contributed by atoms with van der Waals surface area (Å²) in [4.78, 5) is 23.2. The minimum Gasteiger partial charge on any atom is -0.480 e. The van der Waals surface area contributed by atoms with Crippen LogP contribution in [0.15, 0.2) is 0 Å². The Hall–Kier alpha value is -1.30. The van der Waals surface area contributed by atoms with E-state index in [9.17, 15) is 19.8 Å². The highest BCUT2D eigenvalue weighted by molar-refractivity contribution is 5.80. The summed E-state index contributed by atoms with van der Waals surface area (Å²) in [6.45, 7) is 6.75. The Morgan fingerprint density at radius 3 is 2.40 bits per heavy atom. The lowest BCUT2D eigenvalue weighted by Gasteiger charge is -2.40. The SMILES string of the molecule is CC(C)(C)OC(=O)NC(C(=O)O)C1CCCCC1(C)O. The van der Waals surface area contributed by atoms with Crippen molar-refractivity contribution in [1.82, 2.24) is 5.32 Å². The summed E-state index contributed by atoms with van der Waals surface area (Å²) in [5.41, 5.74) is -1.78. The molecule has 6 nitrogen and oxygen atoms in total. The van der Waals surface area contributed by atoms with Gasteiger partial charge in [0.2, 0.25) is 0 Å². The minimum absolute atomic E-state index is 0.513. The van der Waals surface area contributed by atoms with Gasteiger partial charge in [0.15, 0.2) is 0 Å². The number of amides is 1. The number of carbonyl (C=O) groups is 2. The highest BCUT2D eigenvalue weighted by Gasteiger charge is 2.43. The molecule has 0 aliphatic heterocycles. The van der Waals surface area contributed by atoms with Crippen LogP contribution in [0.4, 0.5) is 4.79 Å². The molecule has 0 aromatic heterocycles. The molecule has 0 bridgehead atoms. The van der Waals surface area contributed by atoms with Crippen LogP contribution < -0.4 is 5.32 Å². The normalized spacial score (nSPS) is 28.6. The number of hydrogen-bond donors (Lipinski definition) is 3. The molecule has 1 aliphatic rings. The third-order valence-corrected chi connectivity index (χ3v) is 3.59. The van der Waals surface area contributed by atoms with Crippen molar-refractivity contribution >= 4 is 12.1 Å². The number of nitrogens with one attached hydrogen (secondary N) is 1. The van der Waals surface area contributed by atoms with E-state index in [1.54, 1.807) is 27.7 Å². The van der Waals surface area contributed by atoms with Crippen LogP contribution in [0, 0.1) is 5.92 Å². The van der Waals surface area contributed by atoms with Gasteiger partial charge >= 0.3 is 12.1 Å². The number of carbonyl (C=O) groups excluding carboxylic acids is 1. The summed E-state index contributed by atoms with van der Waals surface area (Å²) in [6.07, 6.45) is 2.05. The fraction of sp³-hybridized carbons (Fsp3) is 0.857. The Labute approximate surface area is 119 Å². The first-order chi connectivity index (χ1) is 9.03. The van der Waals surface area contributed by atoms with Crippen LogP contribution in [0.2, 0.25) is 0 Å². The zero-order chi connectivity index (χ0) is 15.6. The molecule has 3 N–H and O–H groups in total. The van der Waals surface area contributed by atoms with Crippen molar-refractivity contribution in [3.05, 3.63) is 0 Å². The molecule has 1 saturated carbocycles. The molecule has 6 heteroatoms. The quantitative estimate of drug-likeness (QED) is 0.737. The molecular weight excluding hydrogens is 262 g/mol.